The number of likely N-dealkylation sites (N-methyl/N-ethyl adjacent to an activating group) is 1. The first-order chi connectivity index (χ1) is 6.94. The van der Waals surface area contributed by atoms with Crippen molar-refractivity contribution in [2.75, 3.05) is 14.1 Å². The van der Waals surface area contributed by atoms with Gasteiger partial charge in [-0.05, 0) is 0 Å². The number of urea groups is 2. The number of nitrogens with one attached hydrogen (secondary N) is 1. The minimum absolute atomic E-state index is 0.0394. The van der Waals surface area contributed by atoms with E-state index in [1.165, 1.54) is 14.1 Å². The Morgan fingerprint density at radius 3 is 2.53 bits per heavy atom. The van der Waals surface area contributed by atoms with Crippen LogP contribution in [0.25, 0.3) is 0 Å². The van der Waals surface area contributed by atoms with Crippen LogP contribution < -0.4 is 5.32 Å². The average Bonchev–Trinajstić information content (AvgIpc) is 2.49. The third-order valence-corrected chi connectivity index (χ3v) is 2.85. The molecule has 0 aromatic rings. The van der Waals surface area contributed by atoms with Crippen LogP contribution in [-0.4, -0.2) is 52.7 Å². The summed E-state index contributed by atoms with van der Waals surface area (Å²) in [4.78, 5) is 38.0. The molecule has 8 heteroatoms. The van der Waals surface area contributed by atoms with Gasteiger partial charge in [0.05, 0.1) is 0 Å². The molecule has 0 aliphatic carbocycles. The number of alkyl halides is 1. The molecular weight excluding hydrogens is 224 g/mol. The zero-order valence-electron chi connectivity index (χ0n) is 7.94. The van der Waals surface area contributed by atoms with Crippen LogP contribution in [0.15, 0.2) is 4.99 Å². The summed E-state index contributed by atoms with van der Waals surface area (Å²) < 4.78 is 0. The van der Waals surface area contributed by atoms with Crippen molar-refractivity contribution in [1.29, 1.82) is 0 Å². The highest BCUT2D eigenvalue weighted by Crippen LogP contribution is 2.35. The molecule has 0 aromatic carbocycles. The molecule has 0 aromatic heterocycles. The topological polar surface area (TPSA) is 82.1 Å². The monoisotopic (exact) mass is 230 g/mol. The number of halogens is 1. The molecule has 80 valence electrons. The molecule has 0 bridgehead atoms. The van der Waals surface area contributed by atoms with Gasteiger partial charge in [0.1, 0.15) is 0 Å². The minimum atomic E-state index is -1.82. The standard InChI is InChI=1S/C7H7ClN4O3/c1-9-3-7(8)4(13)10-5(14)12(7)6(15)11(3)2/h1-2H3,(H,10,13,14). The van der Waals surface area contributed by atoms with Crippen LogP contribution in [0.3, 0.4) is 0 Å². The summed E-state index contributed by atoms with van der Waals surface area (Å²) in [6, 6.07) is -1.50. The van der Waals surface area contributed by atoms with Crippen LogP contribution in [-0.2, 0) is 4.79 Å². The Hall–Kier alpha value is -1.63. The maximum absolute atomic E-state index is 11.6. The van der Waals surface area contributed by atoms with E-state index in [0.717, 1.165) is 4.90 Å². The first-order valence-electron chi connectivity index (χ1n) is 4.04. The van der Waals surface area contributed by atoms with Gasteiger partial charge in [0.15, 0.2) is 5.84 Å². The van der Waals surface area contributed by atoms with E-state index in [1.807, 2.05) is 5.32 Å². The number of carbonyl (C=O) groups is 3. The van der Waals surface area contributed by atoms with Crippen LogP contribution in [0.2, 0.25) is 0 Å². The highest BCUT2D eigenvalue weighted by Gasteiger charge is 2.65. The van der Waals surface area contributed by atoms with Gasteiger partial charge >= 0.3 is 12.1 Å². The van der Waals surface area contributed by atoms with Crippen molar-refractivity contribution in [2.24, 2.45) is 4.99 Å². The molecule has 1 atom stereocenters. The second-order valence-electron chi connectivity index (χ2n) is 3.11. The summed E-state index contributed by atoms with van der Waals surface area (Å²) in [6.45, 7) is 0. The highest BCUT2D eigenvalue weighted by molar-refractivity contribution is 6.54. The summed E-state index contributed by atoms with van der Waals surface area (Å²) in [5, 5.41) is 1.96. The van der Waals surface area contributed by atoms with Gasteiger partial charge in [-0.2, -0.15) is 0 Å². The average molecular weight is 231 g/mol. The number of carbonyl (C=O) groups excluding carboxylic acids is 3. The van der Waals surface area contributed by atoms with Gasteiger partial charge in [-0.15, -0.1) is 0 Å². The summed E-state index contributed by atoms with van der Waals surface area (Å²) in [7, 11) is 2.79. The maximum Gasteiger partial charge on any atom is 0.335 e. The van der Waals surface area contributed by atoms with E-state index in [0.29, 0.717) is 4.90 Å². The van der Waals surface area contributed by atoms with E-state index in [1.54, 1.807) is 0 Å². The summed E-state index contributed by atoms with van der Waals surface area (Å²) >= 11 is 5.97. The molecule has 0 spiro atoms. The van der Waals surface area contributed by atoms with Crippen LogP contribution in [0.5, 0.6) is 0 Å². The van der Waals surface area contributed by atoms with Gasteiger partial charge in [0.2, 0.25) is 0 Å². The van der Waals surface area contributed by atoms with Crippen molar-refractivity contribution in [1.82, 2.24) is 15.1 Å². The molecule has 2 aliphatic rings. The number of fused-ring (bicyclic) bond motifs is 1. The van der Waals surface area contributed by atoms with Gasteiger partial charge in [-0.25, -0.2) is 14.5 Å². The van der Waals surface area contributed by atoms with E-state index in [9.17, 15) is 14.4 Å². The second kappa shape index (κ2) is 2.69. The quantitative estimate of drug-likeness (QED) is 0.348. The fourth-order valence-electron chi connectivity index (χ4n) is 1.66. The number of imide groups is 2. The van der Waals surface area contributed by atoms with Crippen LogP contribution in [0, 0.1) is 0 Å². The largest absolute Gasteiger partial charge is 0.335 e. The molecular formula is C7H7ClN4O3. The third kappa shape index (κ3) is 0.904. The van der Waals surface area contributed by atoms with Crippen molar-refractivity contribution in [3.63, 3.8) is 0 Å². The molecule has 2 heterocycles. The summed E-state index contributed by atoms with van der Waals surface area (Å²) in [6.07, 6.45) is 0. The molecule has 2 rings (SSSR count). The second-order valence-corrected chi connectivity index (χ2v) is 3.65. The lowest BCUT2D eigenvalue weighted by Crippen LogP contribution is -2.46. The smallest absolute Gasteiger partial charge is 0.281 e. The Balaban J connectivity index is 2.64. The SMILES string of the molecule is CN=C1N(C)C(=O)N2C(=O)NC(=O)C12Cl. The lowest BCUT2D eigenvalue weighted by atomic mass is 10.2. The Morgan fingerprint density at radius 2 is 2.00 bits per heavy atom. The highest BCUT2D eigenvalue weighted by atomic mass is 35.5. The molecule has 0 radical (unpaired) electrons. The maximum atomic E-state index is 11.6. The Kier molecular flexibility index (Phi) is 1.78. The third-order valence-electron chi connectivity index (χ3n) is 2.34. The van der Waals surface area contributed by atoms with Crippen molar-refractivity contribution >= 4 is 35.4 Å². The predicted octanol–water partition coefficient (Wildman–Crippen LogP) is -0.433. The lowest BCUT2D eigenvalue weighted by Gasteiger charge is -2.16. The van der Waals surface area contributed by atoms with Gasteiger partial charge in [-0.3, -0.25) is 20.0 Å². The summed E-state index contributed by atoms with van der Waals surface area (Å²) in [5.74, 6) is -0.718. The van der Waals surface area contributed by atoms with E-state index in [2.05, 4.69) is 4.99 Å². The minimum Gasteiger partial charge on any atom is -0.281 e. The van der Waals surface area contributed by atoms with Gasteiger partial charge < -0.3 is 0 Å². The summed E-state index contributed by atoms with van der Waals surface area (Å²) in [5.41, 5.74) is 0. The normalized spacial score (nSPS) is 32.7. The zero-order valence-corrected chi connectivity index (χ0v) is 8.70. The van der Waals surface area contributed by atoms with E-state index < -0.39 is 23.0 Å². The number of amidine groups is 1. The van der Waals surface area contributed by atoms with Gasteiger partial charge in [0.25, 0.3) is 10.9 Å². The molecule has 7 nitrogen and oxygen atoms in total. The first kappa shape index (κ1) is 9.91. The van der Waals surface area contributed by atoms with Crippen molar-refractivity contribution in [2.45, 2.75) is 5.00 Å². The van der Waals surface area contributed by atoms with Crippen molar-refractivity contribution in [3.8, 4) is 0 Å². The molecule has 0 saturated carbocycles. The Labute approximate surface area is 89.7 Å². The molecule has 15 heavy (non-hydrogen) atoms. The first-order valence-corrected chi connectivity index (χ1v) is 4.42. The lowest BCUT2D eigenvalue weighted by molar-refractivity contribution is -0.120. The molecule has 2 saturated heterocycles. The zero-order chi connectivity index (χ0) is 11.4. The number of hydrogen-bond acceptors (Lipinski definition) is 4. The van der Waals surface area contributed by atoms with Crippen LogP contribution in [0.1, 0.15) is 0 Å². The van der Waals surface area contributed by atoms with E-state index in [4.69, 9.17) is 11.6 Å². The van der Waals surface area contributed by atoms with Crippen molar-refractivity contribution < 1.29 is 14.4 Å². The fraction of sp³-hybridized carbons (Fsp3) is 0.429. The fourth-order valence-corrected chi connectivity index (χ4v) is 2.07. The number of amides is 5. The van der Waals surface area contributed by atoms with Gasteiger partial charge in [0, 0.05) is 14.1 Å². The van der Waals surface area contributed by atoms with Crippen molar-refractivity contribution in [3.05, 3.63) is 0 Å². The molecule has 5 amide bonds. The number of hydrogen-bond donors (Lipinski definition) is 1. The number of aliphatic imine (C=N–C) groups is 1. The molecule has 1 unspecified atom stereocenters. The predicted molar refractivity (Wildman–Crippen MR) is 50.5 cm³/mol. The number of rotatable bonds is 0. The Morgan fingerprint density at radius 1 is 1.40 bits per heavy atom. The van der Waals surface area contributed by atoms with Gasteiger partial charge in [-0.1, -0.05) is 11.6 Å². The van der Waals surface area contributed by atoms with E-state index in [-0.39, 0.29) is 5.84 Å². The van der Waals surface area contributed by atoms with Crippen LogP contribution in [0.4, 0.5) is 9.59 Å². The van der Waals surface area contributed by atoms with Crippen LogP contribution >= 0.6 is 11.6 Å². The molecule has 2 fully saturated rings. The number of nitrogens with zero attached hydrogens (tertiary/aromatic N) is 3. The molecule has 1 N–H and O–H groups in total. The molecule has 2 aliphatic heterocycles. The van der Waals surface area contributed by atoms with E-state index >= 15 is 0 Å². The Bertz CT molecular complexity index is 420.